The van der Waals surface area contributed by atoms with Gasteiger partial charge in [-0.3, -0.25) is 4.90 Å². The van der Waals surface area contributed by atoms with E-state index < -0.39 is 0 Å². The molecule has 0 saturated carbocycles. The highest BCUT2D eigenvalue weighted by Gasteiger charge is 2.23. The van der Waals surface area contributed by atoms with Crippen LogP contribution in [0, 0.1) is 18.3 Å². The Balaban J connectivity index is 0.00000132. The van der Waals surface area contributed by atoms with Crippen molar-refractivity contribution < 1.29 is 0 Å². The van der Waals surface area contributed by atoms with Gasteiger partial charge >= 0.3 is 0 Å². The second-order valence-corrected chi connectivity index (χ2v) is 5.68. The summed E-state index contributed by atoms with van der Waals surface area (Å²) in [6.45, 7) is 6.18. The van der Waals surface area contributed by atoms with Crippen LogP contribution in [0.25, 0.3) is 10.8 Å². The Morgan fingerprint density at radius 1 is 1.09 bits per heavy atom. The lowest BCUT2D eigenvalue weighted by Crippen LogP contribution is -2.45. The molecule has 1 atom stereocenters. The summed E-state index contributed by atoms with van der Waals surface area (Å²) in [6, 6.07) is 15.5. The van der Waals surface area contributed by atoms with Gasteiger partial charge in [-0.15, -0.1) is 24.8 Å². The third kappa shape index (κ3) is 4.16. The van der Waals surface area contributed by atoms with Crippen molar-refractivity contribution in [3.05, 3.63) is 47.5 Å². The number of hydrogen-bond donors (Lipinski definition) is 1. The third-order valence-electron chi connectivity index (χ3n) is 4.41. The first-order chi connectivity index (χ1) is 10.3. The van der Waals surface area contributed by atoms with E-state index in [1.54, 1.807) is 0 Å². The zero-order valence-electron chi connectivity index (χ0n) is 13.3. The summed E-state index contributed by atoms with van der Waals surface area (Å²) in [5.41, 5.74) is 2.59. The fraction of sp³-hybridized carbons (Fsp3) is 0.389. The Morgan fingerprint density at radius 3 is 2.39 bits per heavy atom. The van der Waals surface area contributed by atoms with Crippen LogP contribution in [0.3, 0.4) is 0 Å². The smallest absolute Gasteiger partial charge is 0.0641 e. The van der Waals surface area contributed by atoms with Gasteiger partial charge in [0.05, 0.1) is 12.5 Å². The fourth-order valence-electron chi connectivity index (χ4n) is 3.28. The summed E-state index contributed by atoms with van der Waals surface area (Å²) in [7, 11) is 0. The van der Waals surface area contributed by atoms with E-state index in [1.807, 2.05) is 0 Å². The molecule has 0 unspecified atom stereocenters. The van der Waals surface area contributed by atoms with E-state index in [0.29, 0.717) is 6.42 Å². The van der Waals surface area contributed by atoms with Crippen molar-refractivity contribution >= 4 is 35.6 Å². The van der Waals surface area contributed by atoms with Crippen molar-refractivity contribution in [2.24, 2.45) is 0 Å². The van der Waals surface area contributed by atoms with Gasteiger partial charge in [0.2, 0.25) is 0 Å². The highest BCUT2D eigenvalue weighted by atomic mass is 35.5. The third-order valence-corrected chi connectivity index (χ3v) is 4.41. The molecular formula is C18H23Cl2N3. The average Bonchev–Trinajstić information content (AvgIpc) is 2.55. The average molecular weight is 352 g/mol. The molecule has 124 valence electrons. The molecule has 23 heavy (non-hydrogen) atoms. The van der Waals surface area contributed by atoms with Crippen LogP contribution in [-0.4, -0.2) is 31.1 Å². The van der Waals surface area contributed by atoms with Crippen LogP contribution in [0.1, 0.15) is 23.6 Å². The summed E-state index contributed by atoms with van der Waals surface area (Å²) in [6.07, 6.45) is 0.549. The fourth-order valence-corrected chi connectivity index (χ4v) is 3.28. The zero-order valence-corrected chi connectivity index (χ0v) is 14.9. The lowest BCUT2D eigenvalue weighted by molar-refractivity contribution is 0.176. The summed E-state index contributed by atoms with van der Waals surface area (Å²) in [5.74, 6) is 0. The Labute approximate surface area is 150 Å². The molecule has 0 bridgehead atoms. The maximum Gasteiger partial charge on any atom is 0.0641 e. The molecule has 3 nitrogen and oxygen atoms in total. The number of rotatable bonds is 3. The van der Waals surface area contributed by atoms with Crippen molar-refractivity contribution in [2.45, 2.75) is 19.4 Å². The van der Waals surface area contributed by atoms with Crippen molar-refractivity contribution in [3.63, 3.8) is 0 Å². The van der Waals surface area contributed by atoms with Gasteiger partial charge in [-0.1, -0.05) is 36.4 Å². The van der Waals surface area contributed by atoms with Gasteiger partial charge in [-0.25, -0.2) is 0 Å². The first kappa shape index (κ1) is 19.7. The second kappa shape index (κ2) is 9.10. The van der Waals surface area contributed by atoms with Crippen LogP contribution in [0.2, 0.25) is 0 Å². The van der Waals surface area contributed by atoms with E-state index in [-0.39, 0.29) is 30.9 Å². The Morgan fingerprint density at radius 2 is 1.74 bits per heavy atom. The molecule has 3 rings (SSSR count). The predicted molar refractivity (Wildman–Crippen MR) is 101 cm³/mol. The lowest BCUT2D eigenvalue weighted by atomic mass is 9.93. The summed E-state index contributed by atoms with van der Waals surface area (Å²) >= 11 is 0. The van der Waals surface area contributed by atoms with E-state index in [9.17, 15) is 5.26 Å². The van der Waals surface area contributed by atoms with Crippen molar-refractivity contribution in [1.82, 2.24) is 10.2 Å². The van der Waals surface area contributed by atoms with Crippen LogP contribution in [0.5, 0.6) is 0 Å². The minimum atomic E-state index is 0. The van der Waals surface area contributed by atoms with Gasteiger partial charge < -0.3 is 5.32 Å². The topological polar surface area (TPSA) is 39.1 Å². The maximum atomic E-state index is 9.26. The normalized spacial score (nSPS) is 16.0. The van der Waals surface area contributed by atoms with Crippen LogP contribution in [0.15, 0.2) is 36.4 Å². The van der Waals surface area contributed by atoms with E-state index in [0.717, 1.165) is 26.2 Å². The standard InChI is InChI=1S/C18H21N3.2ClH/c1-14-6-7-17(16-5-3-2-4-15(14)16)18(8-9-19)21-12-10-20-11-13-21;;/h2-7,18,20H,8,10-13H2,1H3;2*1H/t18-;;/m0../s1. The molecule has 1 N–H and O–H groups in total. The van der Waals surface area contributed by atoms with Crippen LogP contribution in [0.4, 0.5) is 0 Å². The van der Waals surface area contributed by atoms with Gasteiger partial charge in [0.1, 0.15) is 0 Å². The largest absolute Gasteiger partial charge is 0.314 e. The quantitative estimate of drug-likeness (QED) is 0.912. The van der Waals surface area contributed by atoms with E-state index in [4.69, 9.17) is 0 Å². The molecule has 1 aliphatic rings. The number of nitrogens with zero attached hydrogens (tertiary/aromatic N) is 2. The summed E-state index contributed by atoms with van der Waals surface area (Å²) in [5, 5.41) is 15.2. The molecule has 0 amide bonds. The Hall–Kier alpha value is -1.31. The predicted octanol–water partition coefficient (Wildman–Crippen LogP) is 3.85. The number of piperazine rings is 1. The van der Waals surface area contributed by atoms with Crippen molar-refractivity contribution in [3.8, 4) is 6.07 Å². The van der Waals surface area contributed by atoms with Crippen LogP contribution < -0.4 is 5.32 Å². The Bertz CT molecular complexity index is 676. The first-order valence-electron chi connectivity index (χ1n) is 7.61. The maximum absolute atomic E-state index is 9.26. The number of nitriles is 1. The number of hydrogen-bond acceptors (Lipinski definition) is 3. The van der Waals surface area contributed by atoms with Gasteiger partial charge in [0.15, 0.2) is 0 Å². The number of nitrogens with one attached hydrogen (secondary N) is 1. The molecule has 0 aromatic heterocycles. The van der Waals surface area contributed by atoms with Gasteiger partial charge in [-0.2, -0.15) is 5.26 Å². The molecule has 2 aromatic carbocycles. The number of aryl methyl sites for hydroxylation is 1. The second-order valence-electron chi connectivity index (χ2n) is 5.68. The highest BCUT2D eigenvalue weighted by Crippen LogP contribution is 2.32. The number of fused-ring (bicyclic) bond motifs is 1. The molecule has 5 heteroatoms. The molecule has 1 aliphatic heterocycles. The van der Waals surface area contributed by atoms with Crippen molar-refractivity contribution in [2.75, 3.05) is 26.2 Å². The highest BCUT2D eigenvalue weighted by molar-refractivity contribution is 5.89. The van der Waals surface area contributed by atoms with Crippen molar-refractivity contribution in [1.29, 1.82) is 5.26 Å². The van der Waals surface area contributed by atoms with E-state index >= 15 is 0 Å². The summed E-state index contributed by atoms with van der Waals surface area (Å²) < 4.78 is 0. The van der Waals surface area contributed by atoms with Gasteiger partial charge in [-0.05, 0) is 28.8 Å². The monoisotopic (exact) mass is 351 g/mol. The molecular weight excluding hydrogens is 329 g/mol. The van der Waals surface area contributed by atoms with E-state index in [1.165, 1.54) is 21.9 Å². The minimum Gasteiger partial charge on any atom is -0.314 e. The summed E-state index contributed by atoms with van der Waals surface area (Å²) in [4.78, 5) is 2.44. The van der Waals surface area contributed by atoms with Gasteiger partial charge in [0, 0.05) is 32.2 Å². The first-order valence-corrected chi connectivity index (χ1v) is 7.61. The van der Waals surface area contributed by atoms with E-state index in [2.05, 4.69) is 59.6 Å². The van der Waals surface area contributed by atoms with Gasteiger partial charge in [0.25, 0.3) is 0 Å². The number of halogens is 2. The van der Waals surface area contributed by atoms with Crippen LogP contribution >= 0.6 is 24.8 Å². The minimum absolute atomic E-state index is 0. The molecule has 0 radical (unpaired) electrons. The molecule has 1 fully saturated rings. The number of benzene rings is 2. The molecule has 1 saturated heterocycles. The molecule has 1 heterocycles. The SMILES string of the molecule is Cc1ccc([C@H](CC#N)N2CCNCC2)c2ccccc12.Cl.Cl. The Kier molecular flexibility index (Phi) is 7.81. The molecule has 0 aliphatic carbocycles. The van der Waals surface area contributed by atoms with Crippen LogP contribution in [-0.2, 0) is 0 Å². The molecule has 2 aromatic rings. The lowest BCUT2D eigenvalue weighted by Gasteiger charge is -2.34. The molecule has 0 spiro atoms. The zero-order chi connectivity index (χ0) is 14.7.